The molecule has 8 nitrogen and oxygen atoms in total. The lowest BCUT2D eigenvalue weighted by atomic mass is 10.0. The SMILES string of the molecule is CNS(=O)(=O)c1cc(-c2sc(Nc3cccc(C)n3)nc2C)cc2c1C(=O)N([C@@H](C)C1CC1)C2. The molecular weight excluding hydrogens is 470 g/mol. The first-order valence-electron chi connectivity index (χ1n) is 11.3. The van der Waals surface area contributed by atoms with E-state index in [1.54, 1.807) is 6.07 Å². The van der Waals surface area contributed by atoms with Gasteiger partial charge in [-0.15, -0.1) is 0 Å². The third-order valence-electron chi connectivity index (χ3n) is 6.54. The molecule has 0 unspecified atom stereocenters. The Labute approximate surface area is 203 Å². The van der Waals surface area contributed by atoms with Crippen molar-refractivity contribution in [3.63, 3.8) is 0 Å². The molecule has 2 N–H and O–H groups in total. The number of benzene rings is 1. The van der Waals surface area contributed by atoms with Crippen LogP contribution in [0.4, 0.5) is 10.9 Å². The highest BCUT2D eigenvalue weighted by molar-refractivity contribution is 7.89. The van der Waals surface area contributed by atoms with Crippen LogP contribution in [0, 0.1) is 19.8 Å². The predicted molar refractivity (Wildman–Crippen MR) is 133 cm³/mol. The first-order chi connectivity index (χ1) is 16.2. The van der Waals surface area contributed by atoms with Crippen molar-refractivity contribution in [2.24, 2.45) is 5.92 Å². The number of nitrogens with zero attached hydrogens (tertiary/aromatic N) is 3. The van der Waals surface area contributed by atoms with Gasteiger partial charge in [-0.3, -0.25) is 4.79 Å². The average Bonchev–Trinajstić information content (AvgIpc) is 3.51. The summed E-state index contributed by atoms with van der Waals surface area (Å²) in [5, 5.41) is 3.91. The first kappa shape index (κ1) is 22.9. The minimum absolute atomic E-state index is 0.0284. The molecule has 2 aromatic heterocycles. The number of aryl methyl sites for hydroxylation is 2. The second-order valence-corrected chi connectivity index (χ2v) is 11.8. The highest BCUT2D eigenvalue weighted by Crippen LogP contribution is 2.42. The Balaban J connectivity index is 1.56. The van der Waals surface area contributed by atoms with Gasteiger partial charge in [0.05, 0.1) is 21.0 Å². The average molecular weight is 498 g/mol. The van der Waals surface area contributed by atoms with Gasteiger partial charge in [-0.1, -0.05) is 17.4 Å². The van der Waals surface area contributed by atoms with Crippen molar-refractivity contribution >= 4 is 38.2 Å². The molecule has 10 heteroatoms. The Bertz CT molecular complexity index is 1400. The van der Waals surface area contributed by atoms with E-state index in [1.807, 2.05) is 43.0 Å². The van der Waals surface area contributed by atoms with Gasteiger partial charge in [0.2, 0.25) is 10.0 Å². The van der Waals surface area contributed by atoms with Crippen LogP contribution in [0.3, 0.4) is 0 Å². The van der Waals surface area contributed by atoms with Crippen LogP contribution >= 0.6 is 11.3 Å². The standard InChI is InChI=1S/C24H27N5O3S2/c1-13-6-5-7-20(26-13)28-24-27-14(2)22(33-24)17-10-18-12-29(15(3)16-8-9-16)23(30)21(18)19(11-17)34(31,32)25-4/h5-7,10-11,15-16,25H,8-9,12H2,1-4H3,(H,26,27,28)/t15-/m0/s1. The van der Waals surface area contributed by atoms with Crippen LogP contribution in [0.5, 0.6) is 0 Å². The number of rotatable bonds is 7. The summed E-state index contributed by atoms with van der Waals surface area (Å²) in [6.07, 6.45) is 2.22. The molecule has 1 aliphatic heterocycles. The number of aromatic nitrogens is 2. The molecule has 0 bridgehead atoms. The van der Waals surface area contributed by atoms with Crippen molar-refractivity contribution in [2.45, 2.75) is 51.1 Å². The van der Waals surface area contributed by atoms with Crippen molar-refractivity contribution in [1.82, 2.24) is 19.6 Å². The van der Waals surface area contributed by atoms with Crippen LogP contribution < -0.4 is 10.0 Å². The van der Waals surface area contributed by atoms with E-state index in [0.29, 0.717) is 23.4 Å². The summed E-state index contributed by atoms with van der Waals surface area (Å²) >= 11 is 1.43. The molecular formula is C24H27N5O3S2. The van der Waals surface area contributed by atoms with E-state index in [-0.39, 0.29) is 22.4 Å². The van der Waals surface area contributed by atoms with Gasteiger partial charge in [0, 0.05) is 18.3 Å². The number of anilines is 2. The molecule has 1 aromatic carbocycles. The second kappa shape index (κ2) is 8.44. The minimum Gasteiger partial charge on any atom is -0.331 e. The zero-order valence-corrected chi connectivity index (χ0v) is 21.2. The fourth-order valence-corrected chi connectivity index (χ4v) is 6.44. The Morgan fingerprint density at radius 2 is 1.94 bits per heavy atom. The van der Waals surface area contributed by atoms with Crippen molar-refractivity contribution in [1.29, 1.82) is 0 Å². The lowest BCUT2D eigenvalue weighted by Gasteiger charge is -2.24. The third kappa shape index (κ3) is 4.10. The van der Waals surface area contributed by atoms with E-state index < -0.39 is 10.0 Å². The lowest BCUT2D eigenvalue weighted by Crippen LogP contribution is -2.35. The van der Waals surface area contributed by atoms with Gasteiger partial charge in [0.15, 0.2) is 5.13 Å². The van der Waals surface area contributed by atoms with Crippen molar-refractivity contribution in [3.8, 4) is 10.4 Å². The maximum absolute atomic E-state index is 13.3. The summed E-state index contributed by atoms with van der Waals surface area (Å²) in [6.45, 7) is 6.29. The van der Waals surface area contributed by atoms with E-state index in [1.165, 1.54) is 18.4 Å². The summed E-state index contributed by atoms with van der Waals surface area (Å²) in [6, 6.07) is 9.35. The van der Waals surface area contributed by atoms with Gasteiger partial charge in [0.1, 0.15) is 5.82 Å². The van der Waals surface area contributed by atoms with E-state index in [2.05, 4.69) is 26.9 Å². The van der Waals surface area contributed by atoms with Gasteiger partial charge >= 0.3 is 0 Å². The van der Waals surface area contributed by atoms with E-state index >= 15 is 0 Å². The van der Waals surface area contributed by atoms with Crippen LogP contribution in [-0.2, 0) is 16.6 Å². The van der Waals surface area contributed by atoms with Crippen LogP contribution in [0.2, 0.25) is 0 Å². The normalized spacial score (nSPS) is 16.6. The number of amides is 1. The first-order valence-corrected chi connectivity index (χ1v) is 13.6. The molecule has 34 heavy (non-hydrogen) atoms. The molecule has 1 amide bonds. The van der Waals surface area contributed by atoms with Gasteiger partial charge in [-0.2, -0.15) is 0 Å². The molecule has 178 valence electrons. The maximum atomic E-state index is 13.3. The molecule has 0 spiro atoms. The second-order valence-electron chi connectivity index (χ2n) is 8.95. The molecule has 1 fully saturated rings. The van der Waals surface area contributed by atoms with Gasteiger partial charge in [-0.05, 0) is 82.0 Å². The number of hydrogen-bond donors (Lipinski definition) is 2. The highest BCUT2D eigenvalue weighted by atomic mass is 32.2. The van der Waals surface area contributed by atoms with Crippen LogP contribution in [-0.4, -0.2) is 42.3 Å². The largest absolute Gasteiger partial charge is 0.331 e. The van der Waals surface area contributed by atoms with Gasteiger partial charge in [-0.25, -0.2) is 23.1 Å². The molecule has 1 aliphatic carbocycles. The Hall–Kier alpha value is -2.82. The summed E-state index contributed by atoms with van der Waals surface area (Å²) in [7, 11) is -2.47. The number of hydrogen-bond acceptors (Lipinski definition) is 7. The number of thiazole rings is 1. The number of nitrogens with one attached hydrogen (secondary N) is 2. The highest BCUT2D eigenvalue weighted by Gasteiger charge is 2.41. The van der Waals surface area contributed by atoms with E-state index in [4.69, 9.17) is 0 Å². The van der Waals surface area contributed by atoms with Crippen molar-refractivity contribution < 1.29 is 13.2 Å². The maximum Gasteiger partial charge on any atom is 0.256 e. The Kier molecular flexibility index (Phi) is 5.70. The number of carbonyl (C=O) groups is 1. The Morgan fingerprint density at radius 3 is 2.62 bits per heavy atom. The molecule has 2 aliphatic rings. The fraction of sp³-hybridized carbons (Fsp3) is 0.375. The molecule has 5 rings (SSSR count). The summed E-state index contributed by atoms with van der Waals surface area (Å²) < 4.78 is 28.3. The smallest absolute Gasteiger partial charge is 0.256 e. The number of carbonyl (C=O) groups excluding carboxylic acids is 1. The number of fused-ring (bicyclic) bond motifs is 1. The Morgan fingerprint density at radius 1 is 1.18 bits per heavy atom. The zero-order chi connectivity index (χ0) is 24.2. The van der Waals surface area contributed by atoms with Gasteiger partial charge < -0.3 is 10.2 Å². The topological polar surface area (TPSA) is 104 Å². The molecule has 1 saturated carbocycles. The quantitative estimate of drug-likeness (QED) is 0.506. The molecule has 0 radical (unpaired) electrons. The summed E-state index contributed by atoms with van der Waals surface area (Å²) in [4.78, 5) is 25.1. The molecule has 1 atom stereocenters. The van der Waals surface area contributed by atoms with E-state index in [0.717, 1.165) is 40.2 Å². The van der Waals surface area contributed by atoms with Crippen molar-refractivity contribution in [3.05, 3.63) is 52.8 Å². The van der Waals surface area contributed by atoms with Crippen molar-refractivity contribution in [2.75, 3.05) is 12.4 Å². The predicted octanol–water partition coefficient (Wildman–Crippen LogP) is 4.23. The third-order valence-corrected chi connectivity index (χ3v) is 9.10. The number of sulfonamides is 1. The summed E-state index contributed by atoms with van der Waals surface area (Å²) in [5.74, 6) is 0.987. The fourth-order valence-electron chi connectivity index (χ4n) is 4.49. The lowest BCUT2D eigenvalue weighted by molar-refractivity contribution is 0.0694. The van der Waals surface area contributed by atoms with Gasteiger partial charge in [0.25, 0.3) is 5.91 Å². The molecule has 3 heterocycles. The number of pyridine rings is 1. The van der Waals surface area contributed by atoms with Crippen LogP contribution in [0.25, 0.3) is 10.4 Å². The molecule has 0 saturated heterocycles. The monoisotopic (exact) mass is 497 g/mol. The van der Waals surface area contributed by atoms with Crippen LogP contribution in [0.15, 0.2) is 35.2 Å². The molecule has 3 aromatic rings. The zero-order valence-electron chi connectivity index (χ0n) is 19.5. The van der Waals surface area contributed by atoms with Crippen LogP contribution in [0.1, 0.15) is 47.1 Å². The van der Waals surface area contributed by atoms with E-state index in [9.17, 15) is 13.2 Å². The minimum atomic E-state index is -3.84. The summed E-state index contributed by atoms with van der Waals surface area (Å²) in [5.41, 5.74) is 3.44.